The normalized spacial score (nSPS) is 16.7. The SMILES string of the molecule is NC(=O)CCCNC(=O)C1CNc2ccccc2O1. The second-order valence-electron chi connectivity index (χ2n) is 4.34. The Morgan fingerprint density at radius 2 is 2.21 bits per heavy atom. The molecule has 0 bridgehead atoms. The van der Waals surface area contributed by atoms with Gasteiger partial charge in [0.05, 0.1) is 12.2 Å². The van der Waals surface area contributed by atoms with Crippen molar-refractivity contribution in [3.8, 4) is 5.75 Å². The summed E-state index contributed by atoms with van der Waals surface area (Å²) in [5, 5.41) is 5.87. The Kier molecular flexibility index (Phi) is 4.22. The van der Waals surface area contributed by atoms with Gasteiger partial charge in [-0.2, -0.15) is 0 Å². The molecule has 6 heteroatoms. The van der Waals surface area contributed by atoms with Crippen LogP contribution in [-0.4, -0.2) is 31.0 Å². The molecule has 102 valence electrons. The van der Waals surface area contributed by atoms with Crippen molar-refractivity contribution in [2.75, 3.05) is 18.4 Å². The molecule has 1 aliphatic rings. The van der Waals surface area contributed by atoms with Crippen LogP contribution in [0.15, 0.2) is 24.3 Å². The molecule has 1 heterocycles. The highest BCUT2D eigenvalue weighted by molar-refractivity contribution is 5.83. The zero-order chi connectivity index (χ0) is 13.7. The molecular weight excluding hydrogens is 246 g/mol. The summed E-state index contributed by atoms with van der Waals surface area (Å²) in [5.41, 5.74) is 5.91. The van der Waals surface area contributed by atoms with Crippen molar-refractivity contribution in [2.24, 2.45) is 5.73 Å². The highest BCUT2D eigenvalue weighted by Gasteiger charge is 2.25. The fourth-order valence-electron chi connectivity index (χ4n) is 1.85. The summed E-state index contributed by atoms with van der Waals surface area (Å²) in [6.45, 7) is 0.849. The third-order valence-corrected chi connectivity index (χ3v) is 2.83. The van der Waals surface area contributed by atoms with E-state index >= 15 is 0 Å². The molecule has 4 N–H and O–H groups in total. The molecule has 0 aromatic heterocycles. The first-order valence-electron chi connectivity index (χ1n) is 6.22. The molecule has 0 saturated heterocycles. The zero-order valence-corrected chi connectivity index (χ0v) is 10.5. The van der Waals surface area contributed by atoms with Crippen LogP contribution >= 0.6 is 0 Å². The van der Waals surface area contributed by atoms with Crippen molar-refractivity contribution in [1.82, 2.24) is 5.32 Å². The number of amides is 2. The number of nitrogens with one attached hydrogen (secondary N) is 2. The molecule has 2 amide bonds. The maximum Gasteiger partial charge on any atom is 0.262 e. The first kappa shape index (κ1) is 13.2. The highest BCUT2D eigenvalue weighted by Crippen LogP contribution is 2.28. The summed E-state index contributed by atoms with van der Waals surface area (Å²) in [6, 6.07) is 7.47. The summed E-state index contributed by atoms with van der Waals surface area (Å²) in [4.78, 5) is 22.4. The standard InChI is InChI=1S/C13H17N3O3/c14-12(17)6-3-7-15-13(18)11-8-16-9-4-1-2-5-10(9)19-11/h1-2,4-5,11,16H,3,6-8H2,(H2,14,17)(H,15,18). The van der Waals surface area contributed by atoms with E-state index in [2.05, 4.69) is 10.6 Å². The number of primary amides is 1. The van der Waals surface area contributed by atoms with Crippen LogP contribution in [-0.2, 0) is 9.59 Å². The van der Waals surface area contributed by atoms with Crippen LogP contribution in [0.4, 0.5) is 5.69 Å². The van der Waals surface area contributed by atoms with Gasteiger partial charge >= 0.3 is 0 Å². The van der Waals surface area contributed by atoms with E-state index in [1.165, 1.54) is 0 Å². The highest BCUT2D eigenvalue weighted by atomic mass is 16.5. The maximum atomic E-state index is 11.9. The van der Waals surface area contributed by atoms with Gasteiger partial charge in [0.25, 0.3) is 5.91 Å². The van der Waals surface area contributed by atoms with Crippen LogP contribution in [0.5, 0.6) is 5.75 Å². The molecule has 1 aromatic carbocycles. The number of hydrogen-bond donors (Lipinski definition) is 3. The number of hydrogen-bond acceptors (Lipinski definition) is 4. The molecule has 1 aromatic rings. The van der Waals surface area contributed by atoms with Gasteiger partial charge in [-0.3, -0.25) is 9.59 Å². The molecule has 6 nitrogen and oxygen atoms in total. The maximum absolute atomic E-state index is 11.9. The number of benzene rings is 1. The van der Waals surface area contributed by atoms with Gasteiger partial charge in [-0.15, -0.1) is 0 Å². The van der Waals surface area contributed by atoms with Gasteiger partial charge in [-0.1, -0.05) is 12.1 Å². The van der Waals surface area contributed by atoms with Crippen LogP contribution in [0, 0.1) is 0 Å². The topological polar surface area (TPSA) is 93.5 Å². The van der Waals surface area contributed by atoms with E-state index < -0.39 is 6.10 Å². The van der Waals surface area contributed by atoms with Gasteiger partial charge in [0.15, 0.2) is 6.10 Å². The minimum Gasteiger partial charge on any atom is -0.477 e. The third kappa shape index (κ3) is 3.61. The molecule has 0 aliphatic carbocycles. The molecule has 1 atom stereocenters. The lowest BCUT2D eigenvalue weighted by atomic mass is 10.2. The van der Waals surface area contributed by atoms with Crippen LogP contribution in [0.3, 0.4) is 0 Å². The Morgan fingerprint density at radius 3 is 3.00 bits per heavy atom. The monoisotopic (exact) mass is 263 g/mol. The number of carbonyl (C=O) groups excluding carboxylic acids is 2. The van der Waals surface area contributed by atoms with Gasteiger partial charge in [-0.25, -0.2) is 0 Å². The lowest BCUT2D eigenvalue weighted by molar-refractivity contribution is -0.127. The van der Waals surface area contributed by atoms with Gasteiger partial charge in [0.1, 0.15) is 5.75 Å². The van der Waals surface area contributed by atoms with Gasteiger partial charge < -0.3 is 21.1 Å². The van der Waals surface area contributed by atoms with Crippen LogP contribution in [0.2, 0.25) is 0 Å². The summed E-state index contributed by atoms with van der Waals surface area (Å²) in [5.74, 6) is 0.122. The molecule has 2 rings (SSSR count). The van der Waals surface area contributed by atoms with Gasteiger partial charge in [0.2, 0.25) is 5.91 Å². The zero-order valence-electron chi connectivity index (χ0n) is 10.5. The van der Waals surface area contributed by atoms with Crippen molar-refractivity contribution in [1.29, 1.82) is 0 Å². The van der Waals surface area contributed by atoms with Crippen molar-refractivity contribution >= 4 is 17.5 Å². The second-order valence-corrected chi connectivity index (χ2v) is 4.34. The van der Waals surface area contributed by atoms with E-state index in [4.69, 9.17) is 10.5 Å². The number of rotatable bonds is 5. The molecule has 1 unspecified atom stereocenters. The third-order valence-electron chi connectivity index (χ3n) is 2.83. The molecule has 0 fully saturated rings. The van der Waals surface area contributed by atoms with E-state index in [1.54, 1.807) is 0 Å². The minimum absolute atomic E-state index is 0.188. The number of ether oxygens (including phenoxy) is 1. The fourth-order valence-corrected chi connectivity index (χ4v) is 1.85. The van der Waals surface area contributed by atoms with Crippen LogP contribution < -0.4 is 21.1 Å². The summed E-state index contributed by atoms with van der Waals surface area (Å²) in [6.07, 6.45) is 0.258. The number of carbonyl (C=O) groups is 2. The molecular formula is C13H17N3O3. The van der Waals surface area contributed by atoms with E-state index in [-0.39, 0.29) is 18.2 Å². The Hall–Kier alpha value is -2.24. The van der Waals surface area contributed by atoms with E-state index in [1.807, 2.05) is 24.3 Å². The Balaban J connectivity index is 1.80. The minimum atomic E-state index is -0.552. The first-order valence-corrected chi connectivity index (χ1v) is 6.22. The second kappa shape index (κ2) is 6.08. The van der Waals surface area contributed by atoms with Crippen molar-refractivity contribution in [2.45, 2.75) is 18.9 Å². The molecule has 0 radical (unpaired) electrons. The molecule has 19 heavy (non-hydrogen) atoms. The average Bonchev–Trinajstić information content (AvgIpc) is 2.42. The van der Waals surface area contributed by atoms with Crippen LogP contribution in [0.25, 0.3) is 0 Å². The summed E-state index contributed by atoms with van der Waals surface area (Å²) in [7, 11) is 0. The Labute approximate surface area is 111 Å². The molecule has 0 spiro atoms. The van der Waals surface area contributed by atoms with Crippen LogP contribution in [0.1, 0.15) is 12.8 Å². The first-order chi connectivity index (χ1) is 9.16. The van der Waals surface area contributed by atoms with Crippen molar-refractivity contribution < 1.29 is 14.3 Å². The van der Waals surface area contributed by atoms with Gasteiger partial charge in [-0.05, 0) is 18.6 Å². The molecule has 1 aliphatic heterocycles. The van der Waals surface area contributed by atoms with E-state index in [9.17, 15) is 9.59 Å². The fraction of sp³-hybridized carbons (Fsp3) is 0.385. The number of fused-ring (bicyclic) bond motifs is 1. The largest absolute Gasteiger partial charge is 0.477 e. The molecule has 0 saturated carbocycles. The summed E-state index contributed by atoms with van der Waals surface area (Å²) >= 11 is 0. The van der Waals surface area contributed by atoms with Crippen molar-refractivity contribution in [3.63, 3.8) is 0 Å². The Morgan fingerprint density at radius 1 is 1.42 bits per heavy atom. The summed E-state index contributed by atoms with van der Waals surface area (Å²) < 4.78 is 5.61. The lowest BCUT2D eigenvalue weighted by Crippen LogP contribution is -2.45. The smallest absolute Gasteiger partial charge is 0.262 e. The van der Waals surface area contributed by atoms with Crippen molar-refractivity contribution in [3.05, 3.63) is 24.3 Å². The number of nitrogens with two attached hydrogens (primary N) is 1. The Bertz CT molecular complexity index is 476. The average molecular weight is 263 g/mol. The number of anilines is 1. The predicted molar refractivity (Wildman–Crippen MR) is 70.8 cm³/mol. The lowest BCUT2D eigenvalue weighted by Gasteiger charge is -2.26. The quantitative estimate of drug-likeness (QED) is 0.663. The van der Waals surface area contributed by atoms with E-state index in [0.29, 0.717) is 25.3 Å². The predicted octanol–water partition coefficient (Wildman–Crippen LogP) is 0.241. The van der Waals surface area contributed by atoms with Gasteiger partial charge in [0, 0.05) is 13.0 Å². The van der Waals surface area contributed by atoms with E-state index in [0.717, 1.165) is 5.69 Å². The number of para-hydroxylation sites is 2.